The minimum absolute atomic E-state index is 0.0326. The van der Waals surface area contributed by atoms with Crippen LogP contribution in [0.2, 0.25) is 0 Å². The molecule has 9 heteroatoms. The summed E-state index contributed by atoms with van der Waals surface area (Å²) in [5, 5.41) is 6.52. The second-order valence-corrected chi connectivity index (χ2v) is 8.60. The zero-order valence-corrected chi connectivity index (χ0v) is 18.8. The quantitative estimate of drug-likeness (QED) is 0.517. The number of aliphatic imine (C=N–C) groups is 1. The van der Waals surface area contributed by atoms with Gasteiger partial charge in [-0.05, 0) is 32.8 Å². The number of primary amides is 1. The van der Waals surface area contributed by atoms with Crippen molar-refractivity contribution in [1.29, 1.82) is 0 Å². The number of aryl methyl sites for hydroxylation is 1. The van der Waals surface area contributed by atoms with Gasteiger partial charge in [0.2, 0.25) is 5.91 Å². The van der Waals surface area contributed by atoms with Crippen molar-refractivity contribution in [2.24, 2.45) is 16.6 Å². The SMILES string of the molecule is CCNC(=NCc1cccnc1N1CCC(C(N)=O)CC1)N(C)Cc1csc(C)n1. The largest absolute Gasteiger partial charge is 0.369 e. The number of hydrogen-bond donors (Lipinski definition) is 2. The third-order valence-corrected chi connectivity index (χ3v) is 6.05. The van der Waals surface area contributed by atoms with E-state index in [0.717, 1.165) is 60.5 Å². The Morgan fingerprint density at radius 3 is 2.83 bits per heavy atom. The molecule has 3 N–H and O–H groups in total. The van der Waals surface area contributed by atoms with Crippen molar-refractivity contribution in [1.82, 2.24) is 20.2 Å². The smallest absolute Gasteiger partial charge is 0.220 e. The number of amides is 1. The average molecular weight is 430 g/mol. The van der Waals surface area contributed by atoms with Crippen LogP contribution in [-0.2, 0) is 17.9 Å². The van der Waals surface area contributed by atoms with Crippen LogP contribution in [0.25, 0.3) is 0 Å². The lowest BCUT2D eigenvalue weighted by molar-refractivity contribution is -0.122. The van der Waals surface area contributed by atoms with Gasteiger partial charge >= 0.3 is 0 Å². The number of aromatic nitrogens is 2. The van der Waals surface area contributed by atoms with Crippen molar-refractivity contribution < 1.29 is 4.79 Å². The lowest BCUT2D eigenvalue weighted by atomic mass is 9.96. The van der Waals surface area contributed by atoms with Crippen molar-refractivity contribution in [3.8, 4) is 0 Å². The number of pyridine rings is 1. The van der Waals surface area contributed by atoms with Crippen molar-refractivity contribution >= 4 is 29.0 Å². The van der Waals surface area contributed by atoms with E-state index >= 15 is 0 Å². The molecule has 0 saturated carbocycles. The van der Waals surface area contributed by atoms with E-state index in [1.54, 1.807) is 11.3 Å². The third-order valence-electron chi connectivity index (χ3n) is 5.23. The summed E-state index contributed by atoms with van der Waals surface area (Å²) in [6.07, 6.45) is 3.35. The van der Waals surface area contributed by atoms with Crippen LogP contribution in [0.4, 0.5) is 5.82 Å². The molecule has 1 amide bonds. The maximum Gasteiger partial charge on any atom is 0.220 e. The van der Waals surface area contributed by atoms with E-state index in [2.05, 4.69) is 43.5 Å². The van der Waals surface area contributed by atoms with Gasteiger partial charge < -0.3 is 20.9 Å². The number of nitrogens with two attached hydrogens (primary N) is 1. The molecule has 162 valence electrons. The Morgan fingerprint density at radius 2 is 2.20 bits per heavy atom. The normalized spacial score (nSPS) is 15.3. The molecule has 2 aromatic rings. The Kier molecular flexibility index (Phi) is 7.62. The van der Waals surface area contributed by atoms with Gasteiger partial charge in [0.15, 0.2) is 5.96 Å². The van der Waals surface area contributed by atoms with Crippen LogP contribution >= 0.6 is 11.3 Å². The van der Waals surface area contributed by atoms with Crippen LogP contribution in [0.1, 0.15) is 36.0 Å². The van der Waals surface area contributed by atoms with Gasteiger partial charge in [-0.3, -0.25) is 4.79 Å². The molecule has 0 spiro atoms. The van der Waals surface area contributed by atoms with Gasteiger partial charge in [0.05, 0.1) is 23.8 Å². The summed E-state index contributed by atoms with van der Waals surface area (Å²) < 4.78 is 0. The molecular formula is C21H31N7OS. The van der Waals surface area contributed by atoms with E-state index in [0.29, 0.717) is 13.1 Å². The molecular weight excluding hydrogens is 398 g/mol. The fraction of sp³-hybridized carbons (Fsp3) is 0.524. The minimum atomic E-state index is -0.200. The summed E-state index contributed by atoms with van der Waals surface area (Å²) in [5.74, 6) is 1.55. The number of nitrogens with one attached hydrogen (secondary N) is 1. The van der Waals surface area contributed by atoms with Crippen molar-refractivity contribution in [2.75, 3.05) is 31.6 Å². The maximum absolute atomic E-state index is 11.5. The predicted molar refractivity (Wildman–Crippen MR) is 122 cm³/mol. The number of carbonyl (C=O) groups excluding carboxylic acids is 1. The van der Waals surface area contributed by atoms with Crippen LogP contribution in [0.5, 0.6) is 0 Å². The summed E-state index contributed by atoms with van der Waals surface area (Å²) >= 11 is 1.66. The fourth-order valence-corrected chi connectivity index (χ4v) is 4.25. The highest BCUT2D eigenvalue weighted by atomic mass is 32.1. The molecule has 2 aromatic heterocycles. The monoisotopic (exact) mass is 429 g/mol. The van der Waals surface area contributed by atoms with Crippen LogP contribution < -0.4 is 16.0 Å². The van der Waals surface area contributed by atoms with E-state index in [-0.39, 0.29) is 11.8 Å². The lowest BCUT2D eigenvalue weighted by Gasteiger charge is -2.32. The Hall–Kier alpha value is -2.68. The number of anilines is 1. The topological polar surface area (TPSA) is 99.7 Å². The molecule has 0 bridgehead atoms. The summed E-state index contributed by atoms with van der Waals surface area (Å²) in [5.41, 5.74) is 7.59. The standard InChI is InChI=1S/C21H31N7OS/c1-4-23-21(27(3)13-18-14-30-15(2)26-18)25-12-17-6-5-9-24-20(17)28-10-7-16(8-11-28)19(22)29/h5-6,9,14,16H,4,7-8,10-13H2,1-3H3,(H2,22,29)(H,23,25). The average Bonchev–Trinajstić information content (AvgIpc) is 3.15. The molecule has 1 saturated heterocycles. The van der Waals surface area contributed by atoms with E-state index in [1.807, 2.05) is 26.2 Å². The molecule has 1 aliphatic heterocycles. The van der Waals surface area contributed by atoms with Crippen molar-refractivity contribution in [3.05, 3.63) is 40.0 Å². The first-order chi connectivity index (χ1) is 14.5. The number of hydrogen-bond acceptors (Lipinski definition) is 6. The van der Waals surface area contributed by atoms with Gasteiger partial charge in [-0.2, -0.15) is 0 Å². The van der Waals surface area contributed by atoms with Gasteiger partial charge in [-0.1, -0.05) is 6.07 Å². The molecule has 8 nitrogen and oxygen atoms in total. The van der Waals surface area contributed by atoms with Gasteiger partial charge in [0, 0.05) is 49.7 Å². The second-order valence-electron chi connectivity index (χ2n) is 7.53. The number of rotatable bonds is 7. The summed E-state index contributed by atoms with van der Waals surface area (Å²) in [7, 11) is 2.02. The van der Waals surface area contributed by atoms with E-state index in [1.165, 1.54) is 0 Å². The Balaban J connectivity index is 1.70. The van der Waals surface area contributed by atoms with Crippen LogP contribution in [0.15, 0.2) is 28.7 Å². The van der Waals surface area contributed by atoms with Crippen LogP contribution in [-0.4, -0.2) is 53.4 Å². The molecule has 1 aliphatic rings. The minimum Gasteiger partial charge on any atom is -0.369 e. The molecule has 0 aliphatic carbocycles. The van der Waals surface area contributed by atoms with Crippen molar-refractivity contribution in [2.45, 2.75) is 39.8 Å². The fourth-order valence-electron chi connectivity index (χ4n) is 3.64. The first-order valence-electron chi connectivity index (χ1n) is 10.4. The third kappa shape index (κ3) is 5.69. The van der Waals surface area contributed by atoms with Gasteiger partial charge in [0.1, 0.15) is 5.82 Å². The number of guanidine groups is 1. The Bertz CT molecular complexity index is 874. The molecule has 0 radical (unpaired) electrons. The zero-order valence-electron chi connectivity index (χ0n) is 18.0. The molecule has 0 aromatic carbocycles. The van der Waals surface area contributed by atoms with Gasteiger partial charge in [-0.25, -0.2) is 15.0 Å². The molecule has 0 unspecified atom stereocenters. The van der Waals surface area contributed by atoms with Crippen molar-refractivity contribution in [3.63, 3.8) is 0 Å². The highest BCUT2D eigenvalue weighted by Crippen LogP contribution is 2.25. The van der Waals surface area contributed by atoms with E-state index < -0.39 is 0 Å². The maximum atomic E-state index is 11.5. The number of piperidine rings is 1. The highest BCUT2D eigenvalue weighted by molar-refractivity contribution is 7.09. The molecule has 0 atom stereocenters. The first kappa shape index (κ1) is 22.0. The zero-order chi connectivity index (χ0) is 21.5. The number of carbonyl (C=O) groups is 1. The predicted octanol–water partition coefficient (Wildman–Crippen LogP) is 2.15. The second kappa shape index (κ2) is 10.4. The van der Waals surface area contributed by atoms with Crippen LogP contribution in [0, 0.1) is 12.8 Å². The molecule has 30 heavy (non-hydrogen) atoms. The van der Waals surface area contributed by atoms with Crippen LogP contribution in [0.3, 0.4) is 0 Å². The summed E-state index contributed by atoms with van der Waals surface area (Å²) in [4.78, 5) is 29.8. The van der Waals surface area contributed by atoms with E-state index in [4.69, 9.17) is 10.7 Å². The Morgan fingerprint density at radius 1 is 1.43 bits per heavy atom. The highest BCUT2D eigenvalue weighted by Gasteiger charge is 2.25. The van der Waals surface area contributed by atoms with Gasteiger partial charge in [0.25, 0.3) is 0 Å². The lowest BCUT2D eigenvalue weighted by Crippen LogP contribution is -2.39. The summed E-state index contributed by atoms with van der Waals surface area (Å²) in [6, 6.07) is 4.01. The first-order valence-corrected chi connectivity index (χ1v) is 11.2. The Labute approximate surface area is 182 Å². The number of nitrogens with zero attached hydrogens (tertiary/aromatic N) is 5. The molecule has 1 fully saturated rings. The van der Waals surface area contributed by atoms with E-state index in [9.17, 15) is 4.79 Å². The molecule has 3 rings (SSSR count). The number of thiazole rings is 1. The summed E-state index contributed by atoms with van der Waals surface area (Å²) in [6.45, 7) is 7.67. The molecule has 3 heterocycles. The van der Waals surface area contributed by atoms with Gasteiger partial charge in [-0.15, -0.1) is 11.3 Å².